The number of hydrogen-bond donors (Lipinski definition) is 0. The smallest absolute Gasteiger partial charge is 0.341 e. The zero-order chi connectivity index (χ0) is 13.7. The van der Waals surface area contributed by atoms with Crippen molar-refractivity contribution in [1.82, 2.24) is 0 Å². The molecule has 0 aliphatic heterocycles. The zero-order valence-corrected chi connectivity index (χ0v) is 11.3. The first-order chi connectivity index (χ1) is 9.24. The van der Waals surface area contributed by atoms with Crippen LogP contribution in [0.5, 0.6) is 0 Å². The normalized spacial score (nSPS) is 10.4. The lowest BCUT2D eigenvalue weighted by Crippen LogP contribution is -2.05. The molecule has 2 aromatic rings. The third kappa shape index (κ3) is 3.25. The molecule has 2 rings (SSSR count). The Bertz CT molecular complexity index is 540. The molecule has 1 heterocycles. The van der Waals surface area contributed by atoms with Crippen LogP contribution in [0.15, 0.2) is 40.8 Å². The lowest BCUT2D eigenvalue weighted by Gasteiger charge is -1.99. The van der Waals surface area contributed by atoms with E-state index in [2.05, 4.69) is 0 Å². The molecule has 0 amide bonds. The maximum Gasteiger partial charge on any atom is 0.341 e. The highest BCUT2D eigenvalue weighted by Crippen LogP contribution is 2.20. The van der Waals surface area contributed by atoms with Crippen LogP contribution in [-0.4, -0.2) is 12.6 Å². The molecule has 0 aliphatic carbocycles. The fourth-order valence-electron chi connectivity index (χ4n) is 2.01. The number of carbonyl (C=O) groups excluding carboxylic acids is 1. The molecular weight excluding hydrogens is 240 g/mol. The van der Waals surface area contributed by atoms with E-state index in [1.165, 1.54) is 0 Å². The maximum absolute atomic E-state index is 11.8. The van der Waals surface area contributed by atoms with E-state index in [-0.39, 0.29) is 5.97 Å². The van der Waals surface area contributed by atoms with Crippen molar-refractivity contribution in [2.75, 3.05) is 6.61 Å². The zero-order valence-electron chi connectivity index (χ0n) is 11.3. The molecule has 0 N–H and O–H groups in total. The number of hydrogen-bond acceptors (Lipinski definition) is 3. The molecule has 0 saturated heterocycles. The highest BCUT2D eigenvalue weighted by Gasteiger charge is 2.17. The summed E-state index contributed by atoms with van der Waals surface area (Å²) in [6, 6.07) is 11.8. The third-order valence-corrected chi connectivity index (χ3v) is 2.90. The first-order valence-electron chi connectivity index (χ1n) is 6.57. The van der Waals surface area contributed by atoms with Gasteiger partial charge in [0.1, 0.15) is 17.1 Å². The molecule has 3 heteroatoms. The van der Waals surface area contributed by atoms with Gasteiger partial charge in [-0.25, -0.2) is 4.79 Å². The summed E-state index contributed by atoms with van der Waals surface area (Å²) in [6.07, 6.45) is 1.37. The Morgan fingerprint density at radius 2 is 1.95 bits per heavy atom. The van der Waals surface area contributed by atoms with Gasteiger partial charge in [0.2, 0.25) is 0 Å². The molecule has 0 spiro atoms. The molecule has 19 heavy (non-hydrogen) atoms. The number of aryl methyl sites for hydroxylation is 1. The summed E-state index contributed by atoms with van der Waals surface area (Å²) in [5.74, 6) is 1.19. The van der Waals surface area contributed by atoms with Crippen LogP contribution in [0.4, 0.5) is 0 Å². The molecule has 0 aliphatic rings. The number of carbonyl (C=O) groups is 1. The molecule has 0 saturated carbocycles. The van der Waals surface area contributed by atoms with Crippen LogP contribution in [0.1, 0.15) is 41.3 Å². The van der Waals surface area contributed by atoms with Gasteiger partial charge in [0.15, 0.2) is 0 Å². The van der Waals surface area contributed by atoms with Gasteiger partial charge in [-0.1, -0.05) is 37.3 Å². The van der Waals surface area contributed by atoms with Gasteiger partial charge in [-0.15, -0.1) is 0 Å². The van der Waals surface area contributed by atoms with Crippen LogP contribution in [0.25, 0.3) is 0 Å². The number of ether oxygens (including phenoxy) is 1. The van der Waals surface area contributed by atoms with Crippen molar-refractivity contribution < 1.29 is 13.9 Å². The van der Waals surface area contributed by atoms with E-state index >= 15 is 0 Å². The van der Waals surface area contributed by atoms with Gasteiger partial charge in [0, 0.05) is 12.8 Å². The fraction of sp³-hybridized carbons (Fsp3) is 0.312. The van der Waals surface area contributed by atoms with E-state index in [9.17, 15) is 4.79 Å². The van der Waals surface area contributed by atoms with Gasteiger partial charge in [-0.05, 0) is 18.6 Å². The van der Waals surface area contributed by atoms with E-state index in [0.717, 1.165) is 11.3 Å². The van der Waals surface area contributed by atoms with Crippen molar-refractivity contribution in [3.8, 4) is 0 Å². The van der Waals surface area contributed by atoms with Crippen LogP contribution in [0.2, 0.25) is 0 Å². The molecule has 1 aromatic carbocycles. The summed E-state index contributed by atoms with van der Waals surface area (Å²) in [5.41, 5.74) is 1.71. The van der Waals surface area contributed by atoms with E-state index in [1.54, 1.807) is 13.0 Å². The van der Waals surface area contributed by atoms with E-state index < -0.39 is 0 Å². The second-order valence-electron chi connectivity index (χ2n) is 4.29. The molecule has 0 unspecified atom stereocenters. The minimum atomic E-state index is -0.303. The highest BCUT2D eigenvalue weighted by molar-refractivity contribution is 5.90. The summed E-state index contributed by atoms with van der Waals surface area (Å²) in [6.45, 7) is 4.14. The Morgan fingerprint density at radius 3 is 2.58 bits per heavy atom. The third-order valence-electron chi connectivity index (χ3n) is 2.90. The van der Waals surface area contributed by atoms with Crippen molar-refractivity contribution in [3.05, 3.63) is 59.0 Å². The van der Waals surface area contributed by atoms with Gasteiger partial charge >= 0.3 is 5.97 Å². The molecule has 0 bridgehead atoms. The molecule has 1 aromatic heterocycles. The average molecular weight is 258 g/mol. The van der Waals surface area contributed by atoms with Crippen molar-refractivity contribution in [1.29, 1.82) is 0 Å². The summed E-state index contributed by atoms with van der Waals surface area (Å²) in [5, 5.41) is 0. The van der Waals surface area contributed by atoms with Gasteiger partial charge in [-0.2, -0.15) is 0 Å². The first-order valence-corrected chi connectivity index (χ1v) is 6.57. The summed E-state index contributed by atoms with van der Waals surface area (Å²) in [4.78, 5) is 11.8. The fourth-order valence-corrected chi connectivity index (χ4v) is 2.01. The second-order valence-corrected chi connectivity index (χ2v) is 4.29. The molecular formula is C16H18O3. The van der Waals surface area contributed by atoms with Crippen LogP contribution in [-0.2, 0) is 17.6 Å². The topological polar surface area (TPSA) is 39.4 Å². The van der Waals surface area contributed by atoms with Crippen molar-refractivity contribution in [2.45, 2.75) is 26.7 Å². The van der Waals surface area contributed by atoms with E-state index in [0.29, 0.717) is 30.8 Å². The molecule has 3 nitrogen and oxygen atoms in total. The standard InChI is InChI=1S/C16H18O3/c1-3-15-14(16(17)18-4-2)11-13(19-15)10-12-8-6-5-7-9-12/h5-9,11H,3-4,10H2,1-2H3. The summed E-state index contributed by atoms with van der Waals surface area (Å²) >= 11 is 0. The van der Waals surface area contributed by atoms with Crippen LogP contribution in [0, 0.1) is 0 Å². The van der Waals surface area contributed by atoms with Crippen LogP contribution < -0.4 is 0 Å². The largest absolute Gasteiger partial charge is 0.465 e. The molecule has 0 atom stereocenters. The Labute approximate surface area is 113 Å². The quantitative estimate of drug-likeness (QED) is 0.769. The minimum absolute atomic E-state index is 0.303. The second kappa shape index (κ2) is 6.23. The van der Waals surface area contributed by atoms with Gasteiger partial charge in [0.25, 0.3) is 0 Å². The van der Waals surface area contributed by atoms with Gasteiger partial charge < -0.3 is 9.15 Å². The van der Waals surface area contributed by atoms with Crippen LogP contribution in [0.3, 0.4) is 0 Å². The predicted molar refractivity (Wildman–Crippen MR) is 73.3 cm³/mol. The van der Waals surface area contributed by atoms with E-state index in [1.807, 2.05) is 37.3 Å². The Morgan fingerprint density at radius 1 is 1.21 bits per heavy atom. The first kappa shape index (κ1) is 13.4. The Kier molecular flexibility index (Phi) is 4.39. The number of rotatable bonds is 5. The van der Waals surface area contributed by atoms with Crippen LogP contribution >= 0.6 is 0 Å². The lowest BCUT2D eigenvalue weighted by molar-refractivity contribution is 0.0524. The summed E-state index contributed by atoms with van der Waals surface area (Å²) in [7, 11) is 0. The van der Waals surface area contributed by atoms with Crippen molar-refractivity contribution >= 4 is 5.97 Å². The molecule has 0 radical (unpaired) electrons. The van der Waals surface area contributed by atoms with E-state index in [4.69, 9.17) is 9.15 Å². The molecule has 100 valence electrons. The number of esters is 1. The van der Waals surface area contributed by atoms with Crippen molar-refractivity contribution in [2.24, 2.45) is 0 Å². The monoisotopic (exact) mass is 258 g/mol. The SMILES string of the molecule is CCOC(=O)c1cc(Cc2ccccc2)oc1CC. The number of furan rings is 1. The Balaban J connectivity index is 2.21. The van der Waals surface area contributed by atoms with Crippen molar-refractivity contribution in [3.63, 3.8) is 0 Å². The highest BCUT2D eigenvalue weighted by atomic mass is 16.5. The molecule has 0 fully saturated rings. The Hall–Kier alpha value is -2.03. The minimum Gasteiger partial charge on any atom is -0.465 e. The van der Waals surface area contributed by atoms with Gasteiger partial charge in [0.05, 0.1) is 6.61 Å². The maximum atomic E-state index is 11.8. The average Bonchev–Trinajstić information content (AvgIpc) is 2.83. The predicted octanol–water partition coefficient (Wildman–Crippen LogP) is 3.61. The lowest BCUT2D eigenvalue weighted by atomic mass is 10.1. The van der Waals surface area contributed by atoms with Gasteiger partial charge in [-0.3, -0.25) is 0 Å². The summed E-state index contributed by atoms with van der Waals surface area (Å²) < 4.78 is 10.8. The number of benzene rings is 1.